The lowest BCUT2D eigenvalue weighted by Gasteiger charge is -2.18. The van der Waals surface area contributed by atoms with Gasteiger partial charge in [-0.2, -0.15) is 0 Å². The van der Waals surface area contributed by atoms with Crippen molar-refractivity contribution < 1.29 is 28.6 Å². The van der Waals surface area contributed by atoms with E-state index < -0.39 is 6.10 Å². The van der Waals surface area contributed by atoms with E-state index >= 15 is 0 Å². The Hall–Kier alpha value is -2.89. The molecule has 6 heteroatoms. The molecule has 0 amide bonds. The van der Waals surface area contributed by atoms with Gasteiger partial charge in [-0.15, -0.1) is 0 Å². The third-order valence-electron chi connectivity index (χ3n) is 14.3. The van der Waals surface area contributed by atoms with Gasteiger partial charge in [-0.25, -0.2) is 0 Å². The lowest BCUT2D eigenvalue weighted by molar-refractivity contribution is -0.167. The van der Waals surface area contributed by atoms with E-state index in [1.807, 2.05) is 0 Å². The molecule has 0 aliphatic carbocycles. The van der Waals surface area contributed by atoms with Crippen LogP contribution < -0.4 is 0 Å². The topological polar surface area (TPSA) is 78.9 Å². The first-order valence-corrected chi connectivity index (χ1v) is 32.3. The molecule has 74 heavy (non-hydrogen) atoms. The number of unbranched alkanes of at least 4 members (excludes halogenated alkanes) is 38. The Morgan fingerprint density at radius 1 is 0.284 bits per heavy atom. The van der Waals surface area contributed by atoms with Gasteiger partial charge in [0.25, 0.3) is 0 Å². The van der Waals surface area contributed by atoms with Gasteiger partial charge in [0.2, 0.25) is 0 Å². The van der Waals surface area contributed by atoms with Crippen LogP contribution in [-0.4, -0.2) is 37.2 Å². The molecule has 1 atom stereocenters. The molecule has 0 heterocycles. The maximum absolute atomic E-state index is 12.9. The minimum atomic E-state index is -0.785. The predicted octanol–water partition coefficient (Wildman–Crippen LogP) is 21.9. The maximum atomic E-state index is 12.9. The number of hydrogen-bond acceptors (Lipinski definition) is 6. The molecule has 0 radical (unpaired) electrons. The smallest absolute Gasteiger partial charge is 0.306 e. The molecule has 0 bridgehead atoms. The lowest BCUT2D eigenvalue weighted by atomic mass is 10.0. The van der Waals surface area contributed by atoms with Crippen molar-refractivity contribution in [2.75, 3.05) is 13.2 Å². The maximum Gasteiger partial charge on any atom is 0.306 e. The molecule has 6 nitrogen and oxygen atoms in total. The first-order chi connectivity index (χ1) is 36.5. The lowest BCUT2D eigenvalue weighted by Crippen LogP contribution is -2.30. The van der Waals surface area contributed by atoms with Crippen molar-refractivity contribution in [3.63, 3.8) is 0 Å². The highest BCUT2D eigenvalue weighted by Crippen LogP contribution is 2.17. The number of allylic oxidation sites excluding steroid dienone is 10. The minimum Gasteiger partial charge on any atom is -0.462 e. The number of carbonyl (C=O) groups is 3. The molecule has 0 aromatic heterocycles. The molecular formula is C68H122O6. The summed E-state index contributed by atoms with van der Waals surface area (Å²) in [6.07, 6.45) is 79.5. The van der Waals surface area contributed by atoms with Gasteiger partial charge >= 0.3 is 17.9 Å². The van der Waals surface area contributed by atoms with Gasteiger partial charge in [0.05, 0.1) is 0 Å². The highest BCUT2D eigenvalue weighted by Gasteiger charge is 2.19. The van der Waals surface area contributed by atoms with Crippen molar-refractivity contribution in [2.24, 2.45) is 0 Å². The fourth-order valence-corrected chi connectivity index (χ4v) is 9.43. The van der Waals surface area contributed by atoms with Crippen LogP contribution in [0.4, 0.5) is 0 Å². The van der Waals surface area contributed by atoms with E-state index in [1.54, 1.807) is 0 Å². The van der Waals surface area contributed by atoms with Crippen LogP contribution in [0.5, 0.6) is 0 Å². The molecule has 0 saturated carbocycles. The Kier molecular flexibility index (Phi) is 60.2. The number of esters is 3. The van der Waals surface area contributed by atoms with Crippen LogP contribution in [0.3, 0.4) is 0 Å². The molecule has 0 spiro atoms. The Morgan fingerprint density at radius 2 is 0.527 bits per heavy atom. The van der Waals surface area contributed by atoms with E-state index in [0.29, 0.717) is 19.3 Å². The van der Waals surface area contributed by atoms with E-state index in [0.717, 1.165) is 96.3 Å². The zero-order valence-corrected chi connectivity index (χ0v) is 49.4. The first kappa shape index (κ1) is 71.1. The quantitative estimate of drug-likeness (QED) is 0.0261. The summed E-state index contributed by atoms with van der Waals surface area (Å²) in [6.45, 7) is 6.54. The zero-order chi connectivity index (χ0) is 53.6. The van der Waals surface area contributed by atoms with Gasteiger partial charge in [-0.05, 0) is 83.5 Å². The Morgan fingerprint density at radius 3 is 0.838 bits per heavy atom. The Bertz CT molecular complexity index is 1330. The molecule has 0 aromatic rings. The van der Waals surface area contributed by atoms with Crippen LogP contribution in [0.1, 0.15) is 335 Å². The van der Waals surface area contributed by atoms with Crippen LogP contribution in [0.15, 0.2) is 60.8 Å². The molecule has 0 rings (SSSR count). The molecule has 0 aromatic carbocycles. The van der Waals surface area contributed by atoms with Crippen molar-refractivity contribution in [1.29, 1.82) is 0 Å². The largest absolute Gasteiger partial charge is 0.462 e. The summed E-state index contributed by atoms with van der Waals surface area (Å²) in [6, 6.07) is 0. The highest BCUT2D eigenvalue weighted by atomic mass is 16.6. The van der Waals surface area contributed by atoms with Crippen molar-refractivity contribution >= 4 is 17.9 Å². The second-order valence-electron chi connectivity index (χ2n) is 21.6. The summed E-state index contributed by atoms with van der Waals surface area (Å²) in [7, 11) is 0. The number of ether oxygens (including phenoxy) is 3. The summed E-state index contributed by atoms with van der Waals surface area (Å²) in [5, 5.41) is 0. The third kappa shape index (κ3) is 60.0. The molecular weight excluding hydrogens is 913 g/mol. The first-order valence-electron chi connectivity index (χ1n) is 32.3. The van der Waals surface area contributed by atoms with Crippen LogP contribution in [0.25, 0.3) is 0 Å². The summed E-state index contributed by atoms with van der Waals surface area (Å²) >= 11 is 0. The summed E-state index contributed by atoms with van der Waals surface area (Å²) in [4.78, 5) is 38.2. The average molecular weight is 1040 g/mol. The van der Waals surface area contributed by atoms with Crippen molar-refractivity contribution in [3.8, 4) is 0 Å². The van der Waals surface area contributed by atoms with E-state index in [1.165, 1.54) is 199 Å². The normalized spacial score (nSPS) is 12.4. The zero-order valence-electron chi connectivity index (χ0n) is 49.4. The monoisotopic (exact) mass is 1030 g/mol. The van der Waals surface area contributed by atoms with Crippen LogP contribution in [0, 0.1) is 0 Å². The fourth-order valence-electron chi connectivity index (χ4n) is 9.43. The molecule has 0 aliphatic heterocycles. The predicted molar refractivity (Wildman–Crippen MR) is 321 cm³/mol. The van der Waals surface area contributed by atoms with E-state index in [4.69, 9.17) is 14.2 Å². The number of hydrogen-bond donors (Lipinski definition) is 0. The Balaban J connectivity index is 4.23. The average Bonchev–Trinajstić information content (AvgIpc) is 3.40. The summed E-state index contributed by atoms with van der Waals surface area (Å²) in [5.74, 6) is -0.888. The van der Waals surface area contributed by atoms with Crippen LogP contribution in [0.2, 0.25) is 0 Å². The van der Waals surface area contributed by atoms with Crippen molar-refractivity contribution in [3.05, 3.63) is 60.8 Å². The fraction of sp³-hybridized carbons (Fsp3) is 0.809. The minimum absolute atomic E-state index is 0.0806. The third-order valence-corrected chi connectivity index (χ3v) is 14.3. The van der Waals surface area contributed by atoms with Crippen LogP contribution >= 0.6 is 0 Å². The molecule has 0 aliphatic rings. The van der Waals surface area contributed by atoms with Gasteiger partial charge in [0.1, 0.15) is 13.2 Å². The van der Waals surface area contributed by atoms with Gasteiger partial charge < -0.3 is 14.2 Å². The standard InChI is InChI=1S/C68H122O6/c1-4-7-10-13-16-19-22-25-27-29-30-31-32-33-34-35-36-37-38-40-41-43-46-49-52-55-58-61-67(70)73-64-65(63-72-66(69)60-57-54-51-48-45-24-21-18-15-12-9-6-3)74-68(71)62-59-56-53-50-47-44-42-39-28-26-23-20-17-14-11-8-5-2/h8,11,17,20,26,28-30,42,44,65H,4-7,9-10,12-16,18-19,21-25,27,31-41,43,45-64H2,1-3H3/b11-8-,20-17-,28-26-,30-29-,44-42-. The van der Waals surface area contributed by atoms with E-state index in [-0.39, 0.29) is 31.1 Å². The molecule has 1 unspecified atom stereocenters. The summed E-state index contributed by atoms with van der Waals surface area (Å²) in [5.41, 5.74) is 0. The van der Waals surface area contributed by atoms with Crippen molar-refractivity contribution in [1.82, 2.24) is 0 Å². The van der Waals surface area contributed by atoms with Gasteiger partial charge in [0, 0.05) is 19.3 Å². The van der Waals surface area contributed by atoms with Crippen LogP contribution in [-0.2, 0) is 28.6 Å². The molecule has 430 valence electrons. The second-order valence-corrected chi connectivity index (χ2v) is 21.6. The van der Waals surface area contributed by atoms with Gasteiger partial charge in [-0.1, -0.05) is 293 Å². The van der Waals surface area contributed by atoms with Crippen molar-refractivity contribution in [2.45, 2.75) is 341 Å². The SMILES string of the molecule is CC/C=C\C/C=C\C/C=C\C/C=C\CCCCCCC(=O)OC(COC(=O)CCCCCCCCCCCCCC)COC(=O)CCCCCCCCCCCCCCCCC/C=C\CCCCCCCCCC. The molecule has 0 fully saturated rings. The molecule has 0 N–H and O–H groups in total. The van der Waals surface area contributed by atoms with Gasteiger partial charge in [-0.3, -0.25) is 14.4 Å². The Labute approximate surface area is 460 Å². The number of rotatable bonds is 59. The highest BCUT2D eigenvalue weighted by molar-refractivity contribution is 5.71. The van der Waals surface area contributed by atoms with E-state index in [2.05, 4.69) is 81.5 Å². The summed E-state index contributed by atoms with van der Waals surface area (Å²) < 4.78 is 16.9. The number of carbonyl (C=O) groups excluding carboxylic acids is 3. The second kappa shape index (κ2) is 62.6. The van der Waals surface area contributed by atoms with Gasteiger partial charge in [0.15, 0.2) is 6.10 Å². The van der Waals surface area contributed by atoms with E-state index in [9.17, 15) is 14.4 Å². The molecule has 0 saturated heterocycles.